The van der Waals surface area contributed by atoms with Crippen molar-refractivity contribution in [2.75, 3.05) is 19.8 Å². The summed E-state index contributed by atoms with van der Waals surface area (Å²) in [7, 11) is 0. The molecule has 12 heavy (non-hydrogen) atoms. The zero-order valence-corrected chi connectivity index (χ0v) is 8.73. The molecule has 0 atom stereocenters. The molecule has 7 heteroatoms. The van der Waals surface area contributed by atoms with E-state index in [2.05, 4.69) is 11.1 Å². The van der Waals surface area contributed by atoms with E-state index in [0.717, 1.165) is 0 Å². The third-order valence-corrected chi connectivity index (χ3v) is 1.96. The van der Waals surface area contributed by atoms with Crippen molar-refractivity contribution in [2.45, 2.75) is 0 Å². The Balaban J connectivity index is 3.38. The SMILES string of the molecule is C=CCOCCOP(O)(O)(Cl)Cl. The van der Waals surface area contributed by atoms with Crippen LogP contribution in [0, 0.1) is 0 Å². The quantitative estimate of drug-likeness (QED) is 0.420. The Kier molecular flexibility index (Phi) is 4.95. The summed E-state index contributed by atoms with van der Waals surface area (Å²) in [4.78, 5) is 17.5. The Bertz CT molecular complexity index is 146. The van der Waals surface area contributed by atoms with Gasteiger partial charge in [-0.25, -0.2) is 0 Å². The van der Waals surface area contributed by atoms with Crippen LogP contribution in [0.1, 0.15) is 0 Å². The molecule has 0 saturated heterocycles. The fourth-order valence-corrected chi connectivity index (χ4v) is 1.20. The van der Waals surface area contributed by atoms with Crippen molar-refractivity contribution in [2.24, 2.45) is 0 Å². The second kappa shape index (κ2) is 4.72. The standard InChI is InChI=1S/C5H11Cl2O4P/c1-2-3-10-4-5-11-12(6,7,8)9/h2,8-9H,1,3-5H2. The van der Waals surface area contributed by atoms with Crippen molar-refractivity contribution in [3.05, 3.63) is 12.7 Å². The summed E-state index contributed by atoms with van der Waals surface area (Å²) in [5, 5.41) is 0. The third kappa shape index (κ3) is 10.6. The summed E-state index contributed by atoms with van der Waals surface area (Å²) < 4.78 is 9.24. The number of hydrogen-bond acceptors (Lipinski definition) is 4. The molecular formula is C5H11Cl2O4P. The molecule has 0 aliphatic carbocycles. The molecule has 0 rings (SSSR count). The van der Waals surface area contributed by atoms with E-state index in [4.69, 9.17) is 37.0 Å². The first-order chi connectivity index (χ1) is 5.31. The molecular weight excluding hydrogens is 226 g/mol. The molecule has 0 spiro atoms. The first kappa shape index (κ1) is 12.6. The molecule has 0 unspecified atom stereocenters. The second-order valence-corrected chi connectivity index (χ2v) is 7.90. The van der Waals surface area contributed by atoms with Crippen molar-refractivity contribution in [3.8, 4) is 0 Å². The average molecular weight is 237 g/mol. The minimum absolute atomic E-state index is 0.0777. The van der Waals surface area contributed by atoms with Crippen LogP contribution in [0.4, 0.5) is 0 Å². The molecule has 0 bridgehead atoms. The van der Waals surface area contributed by atoms with E-state index in [0.29, 0.717) is 6.61 Å². The molecule has 0 aromatic rings. The van der Waals surface area contributed by atoms with Gasteiger partial charge in [0.2, 0.25) is 0 Å². The first-order valence-corrected chi connectivity index (χ1v) is 6.97. The van der Waals surface area contributed by atoms with Crippen LogP contribution in [-0.4, -0.2) is 29.6 Å². The number of ether oxygens (including phenoxy) is 1. The van der Waals surface area contributed by atoms with Crippen LogP contribution in [0.5, 0.6) is 0 Å². The Labute approximate surface area is 80.4 Å². The van der Waals surface area contributed by atoms with E-state index in [-0.39, 0.29) is 13.2 Å². The summed E-state index contributed by atoms with van der Waals surface area (Å²) in [6.45, 7) is 3.87. The maximum atomic E-state index is 8.76. The topological polar surface area (TPSA) is 58.9 Å². The Morgan fingerprint density at radius 1 is 1.33 bits per heavy atom. The van der Waals surface area contributed by atoms with Gasteiger partial charge in [-0.05, 0) is 0 Å². The van der Waals surface area contributed by atoms with Crippen molar-refractivity contribution in [1.29, 1.82) is 0 Å². The van der Waals surface area contributed by atoms with E-state index in [9.17, 15) is 0 Å². The zero-order valence-electron chi connectivity index (χ0n) is 6.32. The van der Waals surface area contributed by atoms with Gasteiger partial charge >= 0.3 is 80.0 Å². The minimum atomic E-state index is -4.83. The van der Waals surface area contributed by atoms with Crippen molar-refractivity contribution < 1.29 is 19.0 Å². The Hall–Kier alpha value is 0.590. The van der Waals surface area contributed by atoms with Gasteiger partial charge in [-0.1, -0.05) is 0 Å². The second-order valence-electron chi connectivity index (χ2n) is 1.95. The van der Waals surface area contributed by atoms with E-state index in [1.807, 2.05) is 0 Å². The van der Waals surface area contributed by atoms with Crippen LogP contribution in [0.15, 0.2) is 12.7 Å². The average Bonchev–Trinajstić information content (AvgIpc) is 1.83. The van der Waals surface area contributed by atoms with Crippen LogP contribution in [0.2, 0.25) is 0 Å². The summed E-state index contributed by atoms with van der Waals surface area (Å²) >= 11 is 10.0. The van der Waals surface area contributed by atoms with Crippen LogP contribution in [0.25, 0.3) is 0 Å². The number of rotatable bonds is 6. The van der Waals surface area contributed by atoms with Crippen LogP contribution in [0.3, 0.4) is 0 Å². The molecule has 2 N–H and O–H groups in total. The van der Waals surface area contributed by atoms with Crippen LogP contribution < -0.4 is 0 Å². The molecule has 0 radical (unpaired) electrons. The molecule has 0 fully saturated rings. The summed E-state index contributed by atoms with van der Waals surface area (Å²) in [5.41, 5.74) is 0. The molecule has 0 saturated carbocycles. The van der Waals surface area contributed by atoms with E-state index < -0.39 is 5.99 Å². The Morgan fingerprint density at radius 2 is 1.92 bits per heavy atom. The van der Waals surface area contributed by atoms with Gasteiger partial charge in [-0.3, -0.25) is 0 Å². The van der Waals surface area contributed by atoms with E-state index in [1.165, 1.54) is 0 Å². The summed E-state index contributed by atoms with van der Waals surface area (Å²) in [5.74, 6) is -4.83. The molecule has 0 aromatic heterocycles. The van der Waals surface area contributed by atoms with Gasteiger partial charge in [-0.15, -0.1) is 0 Å². The van der Waals surface area contributed by atoms with E-state index >= 15 is 0 Å². The van der Waals surface area contributed by atoms with Gasteiger partial charge in [0.15, 0.2) is 0 Å². The summed E-state index contributed by atoms with van der Waals surface area (Å²) in [6.07, 6.45) is 1.55. The fraction of sp³-hybridized carbons (Fsp3) is 0.600. The normalized spacial score (nSPS) is 15.2. The number of halogens is 2. The van der Waals surface area contributed by atoms with Crippen molar-refractivity contribution in [1.82, 2.24) is 0 Å². The predicted molar refractivity (Wildman–Crippen MR) is 50.0 cm³/mol. The molecule has 0 aromatic carbocycles. The van der Waals surface area contributed by atoms with Gasteiger partial charge in [0.1, 0.15) is 0 Å². The molecule has 74 valence electrons. The van der Waals surface area contributed by atoms with Gasteiger partial charge < -0.3 is 0 Å². The Morgan fingerprint density at radius 3 is 2.33 bits per heavy atom. The van der Waals surface area contributed by atoms with Gasteiger partial charge in [0.25, 0.3) is 0 Å². The van der Waals surface area contributed by atoms with Crippen molar-refractivity contribution >= 4 is 28.5 Å². The molecule has 0 amide bonds. The maximum absolute atomic E-state index is 8.76. The zero-order chi connectivity index (χ0) is 9.69. The first-order valence-electron chi connectivity index (χ1n) is 3.10. The van der Waals surface area contributed by atoms with Crippen molar-refractivity contribution in [3.63, 3.8) is 0 Å². The molecule has 0 aliphatic rings. The molecule has 0 aliphatic heterocycles. The summed E-state index contributed by atoms with van der Waals surface area (Å²) in [6, 6.07) is 0. The fourth-order valence-electron chi connectivity index (χ4n) is 0.414. The third-order valence-electron chi connectivity index (χ3n) is 0.768. The predicted octanol–water partition coefficient (Wildman–Crippen LogP) is 1.80. The monoisotopic (exact) mass is 236 g/mol. The van der Waals surface area contributed by atoms with Gasteiger partial charge in [0.05, 0.1) is 0 Å². The van der Waals surface area contributed by atoms with Crippen LogP contribution >= 0.6 is 28.5 Å². The van der Waals surface area contributed by atoms with Gasteiger partial charge in [0, 0.05) is 0 Å². The van der Waals surface area contributed by atoms with Crippen LogP contribution in [-0.2, 0) is 9.26 Å². The van der Waals surface area contributed by atoms with Gasteiger partial charge in [-0.2, -0.15) is 0 Å². The van der Waals surface area contributed by atoms with E-state index in [1.54, 1.807) is 6.08 Å². The molecule has 0 heterocycles. The number of hydrogen-bond donors (Lipinski definition) is 2. The molecule has 4 nitrogen and oxygen atoms in total.